The third-order valence-electron chi connectivity index (χ3n) is 3.98. The van der Waals surface area contributed by atoms with Crippen LogP contribution in [0.1, 0.15) is 38.2 Å². The lowest BCUT2D eigenvalue weighted by atomic mass is 9.97. The van der Waals surface area contributed by atoms with Gasteiger partial charge in [0.05, 0.1) is 7.11 Å². The summed E-state index contributed by atoms with van der Waals surface area (Å²) < 4.78 is 10.8. The van der Waals surface area contributed by atoms with Gasteiger partial charge in [0.15, 0.2) is 0 Å². The highest BCUT2D eigenvalue weighted by atomic mass is 35.5. The molecule has 3 atom stereocenters. The SMILES string of the molecule is CCC(C)c1cc(Cl)ccc1O[C@@H]1CN[C@H](C(=O)OC)C1. The fourth-order valence-electron chi connectivity index (χ4n) is 2.53. The Hall–Kier alpha value is -1.26. The summed E-state index contributed by atoms with van der Waals surface area (Å²) in [6.45, 7) is 4.94. The van der Waals surface area contributed by atoms with Gasteiger partial charge in [0.25, 0.3) is 0 Å². The predicted octanol–water partition coefficient (Wildman–Crippen LogP) is 3.14. The van der Waals surface area contributed by atoms with E-state index in [0.717, 1.165) is 22.8 Å². The first-order valence-corrected chi connectivity index (χ1v) is 7.70. The van der Waals surface area contributed by atoms with Gasteiger partial charge < -0.3 is 14.8 Å². The second-order valence-corrected chi connectivity index (χ2v) is 5.89. The molecule has 0 spiro atoms. The van der Waals surface area contributed by atoms with Gasteiger partial charge in [-0.2, -0.15) is 0 Å². The molecule has 116 valence electrons. The Morgan fingerprint density at radius 2 is 2.29 bits per heavy atom. The van der Waals surface area contributed by atoms with Crippen molar-refractivity contribution in [2.45, 2.75) is 44.8 Å². The molecule has 5 heteroatoms. The van der Waals surface area contributed by atoms with Crippen LogP contribution in [0.3, 0.4) is 0 Å². The highest BCUT2D eigenvalue weighted by molar-refractivity contribution is 6.30. The van der Waals surface area contributed by atoms with E-state index in [0.29, 0.717) is 18.9 Å². The van der Waals surface area contributed by atoms with Crippen LogP contribution < -0.4 is 10.1 Å². The van der Waals surface area contributed by atoms with E-state index in [-0.39, 0.29) is 18.1 Å². The Bertz CT molecular complexity index is 506. The van der Waals surface area contributed by atoms with E-state index < -0.39 is 0 Å². The summed E-state index contributed by atoms with van der Waals surface area (Å²) in [4.78, 5) is 11.5. The lowest BCUT2D eigenvalue weighted by Crippen LogP contribution is -2.31. The minimum absolute atomic E-state index is 0.0296. The van der Waals surface area contributed by atoms with E-state index in [1.165, 1.54) is 7.11 Å². The van der Waals surface area contributed by atoms with Gasteiger partial charge >= 0.3 is 5.97 Å². The summed E-state index contributed by atoms with van der Waals surface area (Å²) >= 11 is 6.09. The monoisotopic (exact) mass is 311 g/mol. The minimum Gasteiger partial charge on any atom is -0.489 e. The summed E-state index contributed by atoms with van der Waals surface area (Å²) in [7, 11) is 1.40. The molecule has 1 aliphatic rings. The van der Waals surface area contributed by atoms with E-state index in [9.17, 15) is 4.79 Å². The van der Waals surface area contributed by atoms with E-state index in [2.05, 4.69) is 19.2 Å². The molecule has 1 aromatic carbocycles. The number of esters is 1. The summed E-state index contributed by atoms with van der Waals surface area (Å²) in [5.41, 5.74) is 1.12. The van der Waals surface area contributed by atoms with Gasteiger partial charge in [-0.05, 0) is 36.1 Å². The number of halogens is 1. The lowest BCUT2D eigenvalue weighted by Gasteiger charge is -2.19. The zero-order chi connectivity index (χ0) is 15.4. The van der Waals surface area contributed by atoms with Crippen molar-refractivity contribution in [3.05, 3.63) is 28.8 Å². The van der Waals surface area contributed by atoms with Gasteiger partial charge in [-0.15, -0.1) is 0 Å². The third kappa shape index (κ3) is 3.89. The number of hydrogen-bond donors (Lipinski definition) is 1. The number of carbonyl (C=O) groups excluding carboxylic acids is 1. The lowest BCUT2D eigenvalue weighted by molar-refractivity contribution is -0.142. The quantitative estimate of drug-likeness (QED) is 0.849. The highest BCUT2D eigenvalue weighted by Gasteiger charge is 2.31. The van der Waals surface area contributed by atoms with Crippen molar-refractivity contribution in [1.82, 2.24) is 5.32 Å². The van der Waals surface area contributed by atoms with Crippen LogP contribution in [-0.4, -0.2) is 31.8 Å². The Kier molecular flexibility index (Phi) is 5.48. The number of nitrogens with one attached hydrogen (secondary N) is 1. The summed E-state index contributed by atoms with van der Waals surface area (Å²) in [5.74, 6) is 0.995. The van der Waals surface area contributed by atoms with Crippen molar-refractivity contribution in [2.24, 2.45) is 0 Å². The number of methoxy groups -OCH3 is 1. The van der Waals surface area contributed by atoms with Gasteiger partial charge in [-0.25, -0.2) is 0 Å². The molecular formula is C16H22ClNO3. The molecule has 0 aliphatic carbocycles. The van der Waals surface area contributed by atoms with Crippen LogP contribution in [0.2, 0.25) is 5.02 Å². The maximum Gasteiger partial charge on any atom is 0.323 e. The predicted molar refractivity (Wildman–Crippen MR) is 83.0 cm³/mol. The Morgan fingerprint density at radius 3 is 2.95 bits per heavy atom. The summed E-state index contributed by atoms with van der Waals surface area (Å²) in [6.07, 6.45) is 1.61. The second-order valence-electron chi connectivity index (χ2n) is 5.45. The molecule has 0 bridgehead atoms. The second kappa shape index (κ2) is 7.14. The van der Waals surface area contributed by atoms with Crippen LogP contribution >= 0.6 is 11.6 Å². The molecule has 1 aromatic rings. The van der Waals surface area contributed by atoms with Crippen LogP contribution in [0.15, 0.2) is 18.2 Å². The average Bonchev–Trinajstić information content (AvgIpc) is 2.96. The standard InChI is InChI=1S/C16H22ClNO3/c1-4-10(2)13-7-11(17)5-6-15(13)21-12-8-14(18-9-12)16(19)20-3/h5-7,10,12,14,18H,4,8-9H2,1-3H3/t10?,12-,14-/m0/s1. The van der Waals surface area contributed by atoms with Crippen LogP contribution in [-0.2, 0) is 9.53 Å². The zero-order valence-corrected chi connectivity index (χ0v) is 13.4. The number of carbonyl (C=O) groups is 1. The molecule has 1 N–H and O–H groups in total. The number of rotatable bonds is 5. The topological polar surface area (TPSA) is 47.6 Å². The van der Waals surface area contributed by atoms with Gasteiger partial charge in [-0.3, -0.25) is 4.79 Å². The van der Waals surface area contributed by atoms with Crippen molar-refractivity contribution in [1.29, 1.82) is 0 Å². The molecule has 1 fully saturated rings. The Labute approximate surface area is 130 Å². The molecular weight excluding hydrogens is 290 g/mol. The first-order chi connectivity index (χ1) is 10.0. The van der Waals surface area contributed by atoms with Gasteiger partial charge in [0.1, 0.15) is 17.9 Å². The summed E-state index contributed by atoms with van der Waals surface area (Å²) in [6, 6.07) is 5.43. The molecule has 0 radical (unpaired) electrons. The molecule has 1 heterocycles. The fraction of sp³-hybridized carbons (Fsp3) is 0.562. The fourth-order valence-corrected chi connectivity index (χ4v) is 2.71. The maximum absolute atomic E-state index is 11.5. The normalized spacial score (nSPS) is 22.9. The van der Waals surface area contributed by atoms with Crippen molar-refractivity contribution in [2.75, 3.05) is 13.7 Å². The first-order valence-electron chi connectivity index (χ1n) is 7.32. The molecule has 2 rings (SSSR count). The van der Waals surface area contributed by atoms with Crippen molar-refractivity contribution in [3.63, 3.8) is 0 Å². The van der Waals surface area contributed by atoms with Crippen LogP contribution in [0.4, 0.5) is 0 Å². The average molecular weight is 312 g/mol. The first kappa shape index (κ1) is 16.1. The van der Waals surface area contributed by atoms with Crippen molar-refractivity contribution in [3.8, 4) is 5.75 Å². The number of hydrogen-bond acceptors (Lipinski definition) is 4. The van der Waals surface area contributed by atoms with Gasteiger partial charge in [0.2, 0.25) is 0 Å². The molecule has 1 unspecified atom stereocenters. The van der Waals surface area contributed by atoms with E-state index >= 15 is 0 Å². The molecule has 0 aromatic heterocycles. The summed E-state index contributed by atoms with van der Waals surface area (Å²) in [5, 5.41) is 3.84. The largest absolute Gasteiger partial charge is 0.489 e. The van der Waals surface area contributed by atoms with Crippen LogP contribution in [0.5, 0.6) is 5.75 Å². The molecule has 1 aliphatic heterocycles. The number of benzene rings is 1. The smallest absolute Gasteiger partial charge is 0.323 e. The van der Waals surface area contributed by atoms with E-state index in [1.807, 2.05) is 18.2 Å². The molecule has 0 saturated carbocycles. The Balaban J connectivity index is 2.08. The number of ether oxygens (including phenoxy) is 2. The van der Waals surface area contributed by atoms with Gasteiger partial charge in [-0.1, -0.05) is 25.4 Å². The Morgan fingerprint density at radius 1 is 1.52 bits per heavy atom. The van der Waals surface area contributed by atoms with Crippen molar-refractivity contribution >= 4 is 17.6 Å². The van der Waals surface area contributed by atoms with E-state index in [4.69, 9.17) is 21.1 Å². The van der Waals surface area contributed by atoms with Gasteiger partial charge in [0, 0.05) is 18.0 Å². The van der Waals surface area contributed by atoms with Crippen LogP contribution in [0.25, 0.3) is 0 Å². The highest BCUT2D eigenvalue weighted by Crippen LogP contribution is 2.32. The van der Waals surface area contributed by atoms with Crippen molar-refractivity contribution < 1.29 is 14.3 Å². The molecule has 1 saturated heterocycles. The zero-order valence-electron chi connectivity index (χ0n) is 12.7. The van der Waals surface area contributed by atoms with Crippen LogP contribution in [0, 0.1) is 0 Å². The molecule has 0 amide bonds. The maximum atomic E-state index is 11.5. The minimum atomic E-state index is -0.278. The third-order valence-corrected chi connectivity index (χ3v) is 4.22. The molecule has 4 nitrogen and oxygen atoms in total. The van der Waals surface area contributed by atoms with E-state index in [1.54, 1.807) is 0 Å². The molecule has 21 heavy (non-hydrogen) atoms.